The molecule has 0 aliphatic rings. The third kappa shape index (κ3) is 1.59. The van der Waals surface area contributed by atoms with Crippen molar-refractivity contribution in [3.8, 4) is 0 Å². The van der Waals surface area contributed by atoms with Gasteiger partial charge in [0, 0.05) is 23.9 Å². The van der Waals surface area contributed by atoms with Crippen LogP contribution in [0.1, 0.15) is 11.5 Å². The first-order chi connectivity index (χ1) is 6.81. The molecule has 14 heavy (non-hydrogen) atoms. The van der Waals surface area contributed by atoms with Crippen LogP contribution in [-0.4, -0.2) is 19.1 Å². The summed E-state index contributed by atoms with van der Waals surface area (Å²) >= 11 is 1.25. The van der Waals surface area contributed by atoms with E-state index in [-0.39, 0.29) is 0 Å². The Bertz CT molecular complexity index is 419. The summed E-state index contributed by atoms with van der Waals surface area (Å²) in [4.78, 5) is 4.12. The summed E-state index contributed by atoms with van der Waals surface area (Å²) < 4.78 is 5.80. The first-order valence-electron chi connectivity index (χ1n) is 4.07. The van der Waals surface area contributed by atoms with Gasteiger partial charge in [0.15, 0.2) is 0 Å². The molecule has 0 saturated carbocycles. The van der Waals surface area contributed by atoms with E-state index >= 15 is 0 Å². The number of nitrogens with two attached hydrogens (primary N) is 1. The average Bonchev–Trinajstić information content (AvgIpc) is 2.77. The summed E-state index contributed by atoms with van der Waals surface area (Å²) in [6.07, 6.45) is 3.65. The smallest absolute Gasteiger partial charge is 0.149 e. The van der Waals surface area contributed by atoms with Crippen LogP contribution < -0.4 is 11.3 Å². The molecule has 3 N–H and O–H groups in total. The predicted octanol–water partition coefficient (Wildman–Crippen LogP) is 0.377. The normalized spacial score (nSPS) is 10.4. The predicted molar refractivity (Wildman–Crippen MR) is 53.8 cm³/mol. The van der Waals surface area contributed by atoms with Gasteiger partial charge in [-0.25, -0.2) is 10.8 Å². The minimum atomic E-state index is 0.641. The maximum absolute atomic E-state index is 5.32. The number of aryl methyl sites for hydroxylation is 1. The Balaban J connectivity index is 2.22. The quantitative estimate of drug-likeness (QED) is 0.565. The molecule has 0 spiro atoms. The fourth-order valence-electron chi connectivity index (χ4n) is 1.15. The zero-order valence-electron chi connectivity index (χ0n) is 7.64. The van der Waals surface area contributed by atoms with Crippen molar-refractivity contribution in [2.45, 2.75) is 13.5 Å². The fraction of sp³-hybridized carbons (Fsp3) is 0.286. The molecular formula is C7H10N6S. The summed E-state index contributed by atoms with van der Waals surface area (Å²) in [7, 11) is 0. The number of nitrogens with one attached hydrogen (secondary N) is 1. The highest BCUT2D eigenvalue weighted by atomic mass is 32.1. The first-order valence-corrected chi connectivity index (χ1v) is 4.84. The lowest BCUT2D eigenvalue weighted by atomic mass is 10.4. The molecule has 2 aromatic rings. The van der Waals surface area contributed by atoms with Gasteiger partial charge in [-0.3, -0.25) is 0 Å². The summed E-state index contributed by atoms with van der Waals surface area (Å²) in [5.74, 6) is 6.26. The Morgan fingerprint density at radius 3 is 3.14 bits per heavy atom. The van der Waals surface area contributed by atoms with Gasteiger partial charge in [-0.05, 0) is 6.92 Å². The molecule has 0 amide bonds. The van der Waals surface area contributed by atoms with Crippen LogP contribution in [0, 0.1) is 6.92 Å². The van der Waals surface area contributed by atoms with E-state index in [0.29, 0.717) is 6.54 Å². The van der Waals surface area contributed by atoms with E-state index in [1.165, 1.54) is 11.5 Å². The van der Waals surface area contributed by atoms with Crippen molar-refractivity contribution in [2.75, 3.05) is 5.43 Å². The van der Waals surface area contributed by atoms with Crippen LogP contribution in [0.4, 0.5) is 5.00 Å². The van der Waals surface area contributed by atoms with Crippen molar-refractivity contribution >= 4 is 16.5 Å². The topological polar surface area (TPSA) is 81.7 Å². The van der Waals surface area contributed by atoms with Crippen LogP contribution in [0.25, 0.3) is 0 Å². The van der Waals surface area contributed by atoms with E-state index in [0.717, 1.165) is 16.5 Å². The van der Waals surface area contributed by atoms with E-state index in [1.54, 1.807) is 6.20 Å². The Hall–Kier alpha value is -1.47. The number of nitrogen functional groups attached to an aromatic ring is 1. The second kappa shape index (κ2) is 3.72. The fourth-order valence-corrected chi connectivity index (χ4v) is 1.64. The molecular weight excluding hydrogens is 200 g/mol. The Kier molecular flexibility index (Phi) is 2.42. The standard InChI is InChI=1S/C7H10N6S/c1-5-9-2-3-13(5)4-6-7(10-8)14-12-11-6/h2-3,10H,4,8H2,1H3. The molecule has 6 nitrogen and oxygen atoms in total. The third-order valence-corrected chi connectivity index (χ3v) is 2.63. The molecule has 0 aliphatic carbocycles. The molecule has 0 aromatic carbocycles. The van der Waals surface area contributed by atoms with Gasteiger partial charge in [-0.1, -0.05) is 4.49 Å². The Morgan fingerprint density at radius 2 is 2.50 bits per heavy atom. The monoisotopic (exact) mass is 210 g/mol. The van der Waals surface area contributed by atoms with Crippen LogP contribution in [-0.2, 0) is 6.54 Å². The number of nitrogens with zero attached hydrogens (tertiary/aromatic N) is 4. The van der Waals surface area contributed by atoms with E-state index in [2.05, 4.69) is 20.0 Å². The zero-order valence-corrected chi connectivity index (χ0v) is 8.45. The third-order valence-electron chi connectivity index (χ3n) is 1.93. The molecule has 0 atom stereocenters. The second-order valence-corrected chi connectivity index (χ2v) is 3.55. The van der Waals surface area contributed by atoms with Gasteiger partial charge in [0.25, 0.3) is 0 Å². The summed E-state index contributed by atoms with van der Waals surface area (Å²) in [6, 6.07) is 0. The highest BCUT2D eigenvalue weighted by Crippen LogP contribution is 2.17. The number of rotatable bonds is 3. The molecule has 74 valence electrons. The number of anilines is 1. The van der Waals surface area contributed by atoms with Crippen molar-refractivity contribution in [2.24, 2.45) is 5.84 Å². The highest BCUT2D eigenvalue weighted by molar-refractivity contribution is 7.10. The number of aromatic nitrogens is 4. The maximum Gasteiger partial charge on any atom is 0.149 e. The molecule has 0 unspecified atom stereocenters. The largest absolute Gasteiger partial charge is 0.329 e. The lowest BCUT2D eigenvalue weighted by molar-refractivity contribution is 0.739. The minimum absolute atomic E-state index is 0.641. The maximum atomic E-state index is 5.32. The van der Waals surface area contributed by atoms with Gasteiger partial charge < -0.3 is 9.99 Å². The summed E-state index contributed by atoms with van der Waals surface area (Å²) in [6.45, 7) is 2.58. The number of hydrogen-bond acceptors (Lipinski definition) is 6. The van der Waals surface area contributed by atoms with Crippen LogP contribution in [0.15, 0.2) is 12.4 Å². The molecule has 0 radical (unpaired) electrons. The lowest BCUT2D eigenvalue weighted by Gasteiger charge is -2.02. The molecule has 0 fully saturated rings. The minimum Gasteiger partial charge on any atom is -0.329 e. The SMILES string of the molecule is Cc1nccn1Cc1nnsc1NN. The van der Waals surface area contributed by atoms with Gasteiger partial charge in [-0.15, -0.1) is 5.10 Å². The Morgan fingerprint density at radius 1 is 1.64 bits per heavy atom. The molecule has 7 heteroatoms. The zero-order chi connectivity index (χ0) is 9.97. The summed E-state index contributed by atoms with van der Waals surface area (Å²) in [5.41, 5.74) is 3.40. The average molecular weight is 210 g/mol. The van der Waals surface area contributed by atoms with E-state index in [4.69, 9.17) is 5.84 Å². The van der Waals surface area contributed by atoms with Crippen LogP contribution >= 0.6 is 11.5 Å². The lowest BCUT2D eigenvalue weighted by Crippen LogP contribution is -2.09. The van der Waals surface area contributed by atoms with Crippen LogP contribution in [0.2, 0.25) is 0 Å². The number of hydrogen-bond donors (Lipinski definition) is 2. The number of hydrazine groups is 1. The van der Waals surface area contributed by atoms with Gasteiger partial charge >= 0.3 is 0 Å². The van der Waals surface area contributed by atoms with Gasteiger partial charge in [-0.2, -0.15) is 0 Å². The van der Waals surface area contributed by atoms with Crippen molar-refractivity contribution < 1.29 is 0 Å². The molecule has 2 rings (SSSR count). The van der Waals surface area contributed by atoms with Crippen LogP contribution in [0.3, 0.4) is 0 Å². The van der Waals surface area contributed by atoms with Gasteiger partial charge in [0.05, 0.1) is 6.54 Å². The Labute approximate surface area is 84.9 Å². The number of imidazole rings is 1. The summed E-state index contributed by atoms with van der Waals surface area (Å²) in [5, 5.41) is 4.77. The molecule has 0 saturated heterocycles. The van der Waals surface area contributed by atoms with E-state index < -0.39 is 0 Å². The van der Waals surface area contributed by atoms with Crippen molar-refractivity contribution in [3.05, 3.63) is 23.9 Å². The van der Waals surface area contributed by atoms with Gasteiger partial charge in [0.2, 0.25) is 0 Å². The van der Waals surface area contributed by atoms with Crippen molar-refractivity contribution in [1.29, 1.82) is 0 Å². The van der Waals surface area contributed by atoms with Crippen molar-refractivity contribution in [1.82, 2.24) is 19.1 Å². The van der Waals surface area contributed by atoms with E-state index in [1.807, 2.05) is 17.7 Å². The van der Waals surface area contributed by atoms with Crippen LogP contribution in [0.5, 0.6) is 0 Å². The molecule has 0 aliphatic heterocycles. The molecule has 2 aromatic heterocycles. The van der Waals surface area contributed by atoms with Crippen molar-refractivity contribution in [3.63, 3.8) is 0 Å². The van der Waals surface area contributed by atoms with E-state index in [9.17, 15) is 0 Å². The molecule has 2 heterocycles. The molecule has 0 bridgehead atoms. The first kappa shape index (κ1) is 9.10. The second-order valence-electron chi connectivity index (χ2n) is 2.80. The van der Waals surface area contributed by atoms with Gasteiger partial charge in [0.1, 0.15) is 16.5 Å². The highest BCUT2D eigenvalue weighted by Gasteiger charge is 2.07.